The highest BCUT2D eigenvalue weighted by Crippen LogP contribution is 2.51. The summed E-state index contributed by atoms with van der Waals surface area (Å²) in [5.74, 6) is 0.874. The number of piperidine rings is 1. The van der Waals surface area contributed by atoms with Gasteiger partial charge in [0, 0.05) is 25.4 Å². The number of carbonyl (C=O) groups is 3. The number of terminal acetylenes is 1. The third kappa shape index (κ3) is 3.72. The highest BCUT2D eigenvalue weighted by atomic mass is 16.5. The van der Waals surface area contributed by atoms with Crippen molar-refractivity contribution in [1.29, 1.82) is 0 Å². The number of carboxylic acids is 1. The Morgan fingerprint density at radius 1 is 1.06 bits per heavy atom. The van der Waals surface area contributed by atoms with Gasteiger partial charge >= 0.3 is 12.1 Å². The van der Waals surface area contributed by atoms with Crippen LogP contribution in [0.25, 0.3) is 11.1 Å². The van der Waals surface area contributed by atoms with Crippen LogP contribution in [0.1, 0.15) is 23.5 Å². The standard InChI is InChI=1S/C26H24N2O5/c1-2-7-22(24(29)28-12-19-20(13-28)23(19)25(30)31)27-26(32)33-14-21-17-10-5-3-8-15(17)16-9-4-6-11-18(16)21/h1,3-6,8-11,19-23H,7,12-14H2,(H,27,32)(H,30,31)/t19-,20+,22?,23?. The smallest absolute Gasteiger partial charge is 0.407 e. The maximum absolute atomic E-state index is 12.9. The second-order valence-electron chi connectivity index (χ2n) is 8.87. The molecule has 1 heterocycles. The molecular weight excluding hydrogens is 420 g/mol. The van der Waals surface area contributed by atoms with Gasteiger partial charge in [-0.2, -0.15) is 0 Å². The van der Waals surface area contributed by atoms with E-state index in [4.69, 9.17) is 16.3 Å². The SMILES string of the molecule is C#CCC(NC(=O)OCC1c2ccccc2-c2ccccc21)C(=O)N1C[C@@H]2C(C(=O)O)[C@@H]2C1. The molecule has 0 radical (unpaired) electrons. The van der Waals surface area contributed by atoms with E-state index in [2.05, 4.69) is 23.4 Å². The van der Waals surface area contributed by atoms with Crippen LogP contribution in [0.4, 0.5) is 4.79 Å². The quantitative estimate of drug-likeness (QED) is 0.668. The second kappa shape index (κ2) is 8.28. The zero-order valence-corrected chi connectivity index (χ0v) is 17.9. The lowest BCUT2D eigenvalue weighted by Gasteiger charge is -2.25. The van der Waals surface area contributed by atoms with Crippen LogP contribution >= 0.6 is 0 Å². The lowest BCUT2D eigenvalue weighted by molar-refractivity contribution is -0.141. The molecular formula is C26H24N2O5. The molecule has 7 heteroatoms. The van der Waals surface area contributed by atoms with Gasteiger partial charge in [-0.15, -0.1) is 12.3 Å². The van der Waals surface area contributed by atoms with Crippen molar-refractivity contribution in [3.63, 3.8) is 0 Å². The average Bonchev–Trinajstić information content (AvgIpc) is 3.17. The van der Waals surface area contributed by atoms with Crippen LogP contribution in [-0.2, 0) is 14.3 Å². The van der Waals surface area contributed by atoms with E-state index in [0.717, 1.165) is 22.3 Å². The van der Waals surface area contributed by atoms with Gasteiger partial charge in [-0.05, 0) is 34.1 Å². The van der Waals surface area contributed by atoms with Crippen LogP contribution in [0.2, 0.25) is 0 Å². The minimum Gasteiger partial charge on any atom is -0.481 e. The summed E-state index contributed by atoms with van der Waals surface area (Å²) in [5, 5.41) is 11.8. The van der Waals surface area contributed by atoms with E-state index >= 15 is 0 Å². The van der Waals surface area contributed by atoms with Gasteiger partial charge in [-0.25, -0.2) is 4.79 Å². The molecule has 3 aliphatic rings. The normalized spacial score (nSPS) is 23.0. The predicted molar refractivity (Wildman–Crippen MR) is 120 cm³/mol. The first-order valence-electron chi connectivity index (χ1n) is 11.1. The fourth-order valence-electron chi connectivity index (χ4n) is 5.39. The summed E-state index contributed by atoms with van der Waals surface area (Å²) in [7, 11) is 0. The largest absolute Gasteiger partial charge is 0.481 e. The molecule has 2 fully saturated rings. The van der Waals surface area contributed by atoms with Crippen LogP contribution in [0.5, 0.6) is 0 Å². The molecule has 0 aromatic heterocycles. The number of hydrogen-bond donors (Lipinski definition) is 2. The Bertz CT molecular complexity index is 1110. The molecule has 2 amide bonds. The molecule has 168 valence electrons. The van der Waals surface area contributed by atoms with Gasteiger partial charge in [0.15, 0.2) is 0 Å². The van der Waals surface area contributed by atoms with Gasteiger partial charge in [-0.3, -0.25) is 9.59 Å². The molecule has 33 heavy (non-hydrogen) atoms. The van der Waals surface area contributed by atoms with Crippen LogP contribution in [0.3, 0.4) is 0 Å². The molecule has 4 atom stereocenters. The second-order valence-corrected chi connectivity index (χ2v) is 8.87. The molecule has 1 aliphatic heterocycles. The molecule has 2 N–H and O–H groups in total. The average molecular weight is 444 g/mol. The van der Waals surface area contributed by atoms with Crippen molar-refractivity contribution >= 4 is 18.0 Å². The maximum atomic E-state index is 12.9. The summed E-state index contributed by atoms with van der Waals surface area (Å²) < 4.78 is 5.54. The maximum Gasteiger partial charge on any atom is 0.407 e. The number of rotatable bonds is 6. The Labute approximate surface area is 191 Å². The van der Waals surface area contributed by atoms with E-state index in [1.807, 2.05) is 36.4 Å². The number of hydrogen-bond acceptors (Lipinski definition) is 4. The van der Waals surface area contributed by atoms with E-state index < -0.39 is 18.1 Å². The van der Waals surface area contributed by atoms with Crippen molar-refractivity contribution < 1.29 is 24.2 Å². The summed E-state index contributed by atoms with van der Waals surface area (Å²) in [5.41, 5.74) is 4.48. The molecule has 2 aliphatic carbocycles. The summed E-state index contributed by atoms with van der Waals surface area (Å²) >= 11 is 0. The van der Waals surface area contributed by atoms with Crippen molar-refractivity contribution in [2.75, 3.05) is 19.7 Å². The number of ether oxygens (including phenoxy) is 1. The fourth-order valence-corrected chi connectivity index (χ4v) is 5.39. The number of carbonyl (C=O) groups excluding carboxylic acids is 2. The number of nitrogens with one attached hydrogen (secondary N) is 1. The molecule has 2 aromatic rings. The lowest BCUT2D eigenvalue weighted by Crippen LogP contribution is -2.49. The molecule has 1 saturated heterocycles. The third-order valence-electron chi connectivity index (χ3n) is 7.05. The van der Waals surface area contributed by atoms with E-state index in [0.29, 0.717) is 13.1 Å². The van der Waals surface area contributed by atoms with Crippen molar-refractivity contribution in [2.45, 2.75) is 18.4 Å². The van der Waals surface area contributed by atoms with Crippen LogP contribution in [-0.4, -0.2) is 53.7 Å². The Morgan fingerprint density at radius 2 is 1.64 bits per heavy atom. The third-order valence-corrected chi connectivity index (χ3v) is 7.05. The number of fused-ring (bicyclic) bond motifs is 4. The molecule has 0 spiro atoms. The topological polar surface area (TPSA) is 95.9 Å². The summed E-state index contributed by atoms with van der Waals surface area (Å²) in [6, 6.07) is 15.2. The number of alkyl carbamates (subject to hydrolysis) is 1. The fraction of sp³-hybridized carbons (Fsp3) is 0.346. The number of carboxylic acid groups (broad SMARTS) is 1. The molecule has 5 rings (SSSR count). The van der Waals surface area contributed by atoms with Crippen molar-refractivity contribution in [3.8, 4) is 23.5 Å². The van der Waals surface area contributed by atoms with Crippen LogP contribution in [0.15, 0.2) is 48.5 Å². The van der Waals surface area contributed by atoms with E-state index in [-0.39, 0.29) is 42.6 Å². The highest BCUT2D eigenvalue weighted by Gasteiger charge is 2.60. The van der Waals surface area contributed by atoms with Gasteiger partial charge in [0.1, 0.15) is 12.6 Å². The summed E-state index contributed by atoms with van der Waals surface area (Å²) in [4.78, 5) is 38.3. The number of benzene rings is 2. The first-order valence-corrected chi connectivity index (χ1v) is 11.1. The van der Waals surface area contributed by atoms with Gasteiger partial charge in [0.25, 0.3) is 0 Å². The first-order chi connectivity index (χ1) is 16.0. The number of aliphatic carboxylic acids is 1. The van der Waals surface area contributed by atoms with E-state index in [1.54, 1.807) is 4.90 Å². The minimum absolute atomic E-state index is 0.00705. The Hall–Kier alpha value is -3.79. The predicted octanol–water partition coefficient (Wildman–Crippen LogP) is 2.71. The summed E-state index contributed by atoms with van der Waals surface area (Å²) in [6.07, 6.45) is 4.77. The van der Waals surface area contributed by atoms with Gasteiger partial charge in [0.2, 0.25) is 5.91 Å². The Balaban J connectivity index is 1.21. The van der Waals surface area contributed by atoms with Crippen molar-refractivity contribution in [3.05, 3.63) is 59.7 Å². The molecule has 2 aromatic carbocycles. The monoisotopic (exact) mass is 444 g/mol. The molecule has 1 saturated carbocycles. The van der Waals surface area contributed by atoms with Gasteiger partial charge in [0.05, 0.1) is 5.92 Å². The van der Waals surface area contributed by atoms with Crippen molar-refractivity contribution in [1.82, 2.24) is 10.2 Å². The number of likely N-dealkylation sites (tertiary alicyclic amines) is 1. The summed E-state index contributed by atoms with van der Waals surface area (Å²) in [6.45, 7) is 0.910. The zero-order valence-electron chi connectivity index (χ0n) is 17.9. The van der Waals surface area contributed by atoms with E-state index in [9.17, 15) is 14.4 Å². The molecule has 2 unspecified atom stereocenters. The van der Waals surface area contributed by atoms with Crippen molar-refractivity contribution in [2.24, 2.45) is 17.8 Å². The Morgan fingerprint density at radius 3 is 2.18 bits per heavy atom. The highest BCUT2D eigenvalue weighted by molar-refractivity contribution is 5.87. The first kappa shape index (κ1) is 21.1. The lowest BCUT2D eigenvalue weighted by atomic mass is 9.98. The number of nitrogens with zero attached hydrogens (tertiary/aromatic N) is 1. The Kier molecular flexibility index (Phi) is 5.29. The van der Waals surface area contributed by atoms with Crippen LogP contribution < -0.4 is 5.32 Å². The molecule has 7 nitrogen and oxygen atoms in total. The van der Waals surface area contributed by atoms with Gasteiger partial charge in [-0.1, -0.05) is 48.5 Å². The van der Waals surface area contributed by atoms with Crippen LogP contribution in [0, 0.1) is 30.1 Å². The number of amides is 2. The molecule has 0 bridgehead atoms. The zero-order chi connectivity index (χ0) is 23.1. The van der Waals surface area contributed by atoms with E-state index in [1.165, 1.54) is 0 Å². The minimum atomic E-state index is -0.897. The van der Waals surface area contributed by atoms with Gasteiger partial charge < -0.3 is 20.1 Å².